The standard InChI is InChI=1S/C6H8N2O4.Na.H/c7-5(10)12-6(11)8-3-1-2-4(8)9;;/h1-3H2,(H2,7,10);;. The number of imide groups is 1. The van der Waals surface area contributed by atoms with Crippen molar-refractivity contribution in [1.29, 1.82) is 0 Å². The second kappa shape index (κ2) is 5.21. The molecule has 0 aromatic carbocycles. The molecule has 0 spiro atoms. The van der Waals surface area contributed by atoms with E-state index in [1.54, 1.807) is 0 Å². The van der Waals surface area contributed by atoms with Crippen LogP contribution in [0.1, 0.15) is 12.8 Å². The van der Waals surface area contributed by atoms with Crippen molar-refractivity contribution in [2.24, 2.45) is 5.73 Å². The number of primary amides is 1. The van der Waals surface area contributed by atoms with Gasteiger partial charge in [0.15, 0.2) is 0 Å². The summed E-state index contributed by atoms with van der Waals surface area (Å²) in [7, 11) is 0. The van der Waals surface area contributed by atoms with Gasteiger partial charge in [-0.2, -0.15) is 0 Å². The fourth-order valence-corrected chi connectivity index (χ4v) is 0.982. The molecule has 0 aliphatic carbocycles. The van der Waals surface area contributed by atoms with Gasteiger partial charge >= 0.3 is 41.7 Å². The van der Waals surface area contributed by atoms with E-state index in [0.29, 0.717) is 19.4 Å². The molecule has 1 heterocycles. The Balaban J connectivity index is 0.00000144. The van der Waals surface area contributed by atoms with Crippen LogP contribution in [0.25, 0.3) is 0 Å². The Labute approximate surface area is 96.7 Å². The third kappa shape index (κ3) is 3.33. The monoisotopic (exact) mass is 196 g/mol. The maximum absolute atomic E-state index is 10.9. The fourth-order valence-electron chi connectivity index (χ4n) is 0.982. The van der Waals surface area contributed by atoms with E-state index >= 15 is 0 Å². The van der Waals surface area contributed by atoms with E-state index in [4.69, 9.17) is 0 Å². The molecule has 6 nitrogen and oxygen atoms in total. The molecule has 7 heteroatoms. The SMILES string of the molecule is NC(=O)OC(=O)N1CCCC1=O.[NaH]. The van der Waals surface area contributed by atoms with Gasteiger partial charge in [-0.15, -0.1) is 0 Å². The molecule has 0 aromatic heterocycles. The molecule has 13 heavy (non-hydrogen) atoms. The molecule has 1 aliphatic heterocycles. The van der Waals surface area contributed by atoms with E-state index < -0.39 is 12.2 Å². The predicted molar refractivity (Wildman–Crippen MR) is 44.2 cm³/mol. The van der Waals surface area contributed by atoms with Gasteiger partial charge in [0.05, 0.1) is 0 Å². The van der Waals surface area contributed by atoms with Gasteiger partial charge in [-0.1, -0.05) is 0 Å². The quantitative estimate of drug-likeness (QED) is 0.404. The number of carbonyl (C=O) groups excluding carboxylic acids is 3. The number of nitrogens with zero attached hydrogens (tertiary/aromatic N) is 1. The Kier molecular flexibility index (Phi) is 4.97. The van der Waals surface area contributed by atoms with Crippen LogP contribution in [-0.2, 0) is 9.53 Å². The van der Waals surface area contributed by atoms with Crippen molar-refractivity contribution < 1.29 is 19.1 Å². The van der Waals surface area contributed by atoms with Crippen molar-refractivity contribution >= 4 is 47.7 Å². The number of ether oxygens (including phenoxy) is 1. The summed E-state index contributed by atoms with van der Waals surface area (Å²) in [6.07, 6.45) is -1.26. The van der Waals surface area contributed by atoms with E-state index in [0.717, 1.165) is 4.90 Å². The average molecular weight is 196 g/mol. The van der Waals surface area contributed by atoms with Crippen molar-refractivity contribution in [2.45, 2.75) is 12.8 Å². The van der Waals surface area contributed by atoms with Gasteiger partial charge in [-0.3, -0.25) is 4.79 Å². The van der Waals surface area contributed by atoms with Crippen molar-refractivity contribution in [3.8, 4) is 0 Å². The summed E-state index contributed by atoms with van der Waals surface area (Å²) in [5.74, 6) is -0.332. The zero-order valence-corrected chi connectivity index (χ0v) is 6.28. The molecule has 1 saturated heterocycles. The number of hydrogen-bond acceptors (Lipinski definition) is 4. The average Bonchev–Trinajstić information content (AvgIpc) is 2.33. The van der Waals surface area contributed by atoms with E-state index in [1.165, 1.54) is 0 Å². The van der Waals surface area contributed by atoms with Gasteiger partial charge in [0.2, 0.25) is 5.91 Å². The second-order valence-electron chi connectivity index (χ2n) is 2.34. The molecular formula is C6H9N2NaO4. The van der Waals surface area contributed by atoms with Crippen molar-refractivity contribution in [1.82, 2.24) is 4.90 Å². The van der Waals surface area contributed by atoms with E-state index in [-0.39, 0.29) is 35.5 Å². The summed E-state index contributed by atoms with van der Waals surface area (Å²) in [6, 6.07) is 0. The summed E-state index contributed by atoms with van der Waals surface area (Å²) in [6.45, 7) is 0.297. The molecule has 2 N–H and O–H groups in total. The van der Waals surface area contributed by atoms with Gasteiger partial charge in [-0.05, 0) is 6.42 Å². The topological polar surface area (TPSA) is 89.7 Å². The molecule has 0 saturated carbocycles. The van der Waals surface area contributed by atoms with Crippen molar-refractivity contribution in [3.05, 3.63) is 0 Å². The Morgan fingerprint density at radius 1 is 1.46 bits per heavy atom. The first kappa shape index (κ1) is 12.4. The number of likely N-dealkylation sites (tertiary alicyclic amines) is 1. The number of hydrogen-bond donors (Lipinski definition) is 1. The molecule has 1 rings (SSSR count). The van der Waals surface area contributed by atoms with E-state index in [1.807, 2.05) is 0 Å². The van der Waals surface area contributed by atoms with Crippen molar-refractivity contribution in [2.75, 3.05) is 6.54 Å². The van der Waals surface area contributed by atoms with Crippen molar-refractivity contribution in [3.63, 3.8) is 0 Å². The van der Waals surface area contributed by atoms with Crippen LogP contribution in [-0.4, -0.2) is 59.1 Å². The van der Waals surface area contributed by atoms with E-state index in [9.17, 15) is 14.4 Å². The molecule has 1 fully saturated rings. The van der Waals surface area contributed by atoms with Crippen LogP contribution in [0.2, 0.25) is 0 Å². The molecule has 0 aromatic rings. The molecule has 0 radical (unpaired) electrons. The Hall–Kier alpha value is -0.590. The molecular weight excluding hydrogens is 187 g/mol. The zero-order valence-electron chi connectivity index (χ0n) is 6.28. The van der Waals surface area contributed by atoms with Gasteiger partial charge in [0.1, 0.15) is 0 Å². The molecule has 0 atom stereocenters. The van der Waals surface area contributed by atoms with Crippen LogP contribution in [0.5, 0.6) is 0 Å². The van der Waals surface area contributed by atoms with Crippen LogP contribution < -0.4 is 5.73 Å². The van der Waals surface area contributed by atoms with E-state index in [2.05, 4.69) is 10.5 Å². The number of amides is 3. The summed E-state index contributed by atoms with van der Waals surface area (Å²) in [4.78, 5) is 32.7. The fraction of sp³-hybridized carbons (Fsp3) is 0.500. The zero-order chi connectivity index (χ0) is 9.14. The van der Waals surface area contributed by atoms with Crippen LogP contribution in [0.15, 0.2) is 0 Å². The van der Waals surface area contributed by atoms with Crippen LogP contribution >= 0.6 is 0 Å². The first-order valence-corrected chi connectivity index (χ1v) is 3.43. The molecule has 0 unspecified atom stereocenters. The van der Waals surface area contributed by atoms with Gasteiger partial charge < -0.3 is 10.5 Å². The minimum absolute atomic E-state index is 0. The minimum atomic E-state index is -1.19. The first-order valence-electron chi connectivity index (χ1n) is 3.43. The normalized spacial score (nSPS) is 15.1. The molecule has 3 amide bonds. The van der Waals surface area contributed by atoms with Crippen LogP contribution in [0, 0.1) is 0 Å². The third-order valence-electron chi connectivity index (χ3n) is 1.48. The summed E-state index contributed by atoms with van der Waals surface area (Å²) >= 11 is 0. The molecule has 68 valence electrons. The molecule has 0 bridgehead atoms. The van der Waals surface area contributed by atoms with Crippen LogP contribution in [0.4, 0.5) is 9.59 Å². The summed E-state index contributed by atoms with van der Waals surface area (Å²) in [5, 5.41) is 0. The number of nitrogens with two attached hydrogens (primary N) is 1. The predicted octanol–water partition coefficient (Wildman–Crippen LogP) is -0.824. The summed E-state index contributed by atoms with van der Waals surface area (Å²) < 4.78 is 4.01. The molecule has 1 aliphatic rings. The van der Waals surface area contributed by atoms with Crippen LogP contribution in [0.3, 0.4) is 0 Å². The maximum atomic E-state index is 10.9. The summed E-state index contributed by atoms with van der Waals surface area (Å²) in [5.41, 5.74) is 4.59. The van der Waals surface area contributed by atoms with Gasteiger partial charge in [-0.25, -0.2) is 14.5 Å². The Bertz CT molecular complexity index is 243. The number of carbonyl (C=O) groups is 3. The Morgan fingerprint density at radius 3 is 2.46 bits per heavy atom. The Morgan fingerprint density at radius 2 is 2.08 bits per heavy atom. The van der Waals surface area contributed by atoms with Gasteiger partial charge in [0.25, 0.3) is 0 Å². The van der Waals surface area contributed by atoms with Gasteiger partial charge in [0, 0.05) is 13.0 Å². The first-order chi connectivity index (χ1) is 5.61. The number of rotatable bonds is 0. The second-order valence-corrected chi connectivity index (χ2v) is 2.34. The third-order valence-corrected chi connectivity index (χ3v) is 1.48.